The van der Waals surface area contributed by atoms with Gasteiger partial charge in [0.2, 0.25) is 0 Å². The largest absolute Gasteiger partial charge is 0.322 e. The molecule has 1 aromatic heterocycles. The molecular weight excluding hydrogens is 234 g/mol. The molecule has 0 unspecified atom stereocenters. The van der Waals surface area contributed by atoms with Crippen LogP contribution in [0.1, 0.15) is 21.6 Å². The van der Waals surface area contributed by atoms with Crippen LogP contribution in [0.4, 0.5) is 5.69 Å². The second kappa shape index (κ2) is 4.76. The minimum Gasteiger partial charge on any atom is -0.322 e. The zero-order valence-electron chi connectivity index (χ0n) is 9.10. The van der Waals surface area contributed by atoms with Crippen LogP contribution in [0.25, 0.3) is 0 Å². The van der Waals surface area contributed by atoms with Crippen LogP contribution in [0.2, 0.25) is 0 Å². The summed E-state index contributed by atoms with van der Waals surface area (Å²) >= 11 is 1.26. The molecule has 0 aliphatic carbocycles. The summed E-state index contributed by atoms with van der Waals surface area (Å²) in [6.07, 6.45) is 0. The summed E-state index contributed by atoms with van der Waals surface area (Å²) in [5.41, 5.74) is 2.54. The minimum absolute atomic E-state index is 0.180. The summed E-state index contributed by atoms with van der Waals surface area (Å²) in [5, 5.41) is 13.1. The van der Waals surface area contributed by atoms with Gasteiger partial charge in [0.1, 0.15) is 0 Å². The molecule has 0 atom stereocenters. The Balaban J connectivity index is 2.14. The third-order valence-electron chi connectivity index (χ3n) is 2.27. The predicted molar refractivity (Wildman–Crippen MR) is 66.0 cm³/mol. The number of carbonyl (C=O) groups is 1. The summed E-state index contributed by atoms with van der Waals surface area (Å²) in [6.45, 7) is 1.80. The van der Waals surface area contributed by atoms with Gasteiger partial charge in [0, 0.05) is 11.1 Å². The molecule has 0 saturated carbocycles. The molecule has 0 spiro atoms. The number of benzene rings is 1. The normalized spacial score (nSPS) is 9.65. The summed E-state index contributed by atoms with van der Waals surface area (Å²) in [4.78, 5) is 11.8. The maximum Gasteiger partial charge on any atom is 0.258 e. The molecule has 0 saturated heterocycles. The van der Waals surface area contributed by atoms with E-state index in [1.165, 1.54) is 11.5 Å². The van der Waals surface area contributed by atoms with Gasteiger partial charge in [0.15, 0.2) is 0 Å². The molecule has 1 amide bonds. The van der Waals surface area contributed by atoms with E-state index >= 15 is 0 Å². The van der Waals surface area contributed by atoms with Gasteiger partial charge in [-0.05, 0) is 42.7 Å². The Hall–Kier alpha value is -2.19. The monoisotopic (exact) mass is 243 g/mol. The highest BCUT2D eigenvalue weighted by Gasteiger charge is 2.10. The van der Waals surface area contributed by atoms with Crippen molar-refractivity contribution in [1.82, 2.24) is 4.37 Å². The topological polar surface area (TPSA) is 65.8 Å². The average molecular weight is 243 g/mol. The van der Waals surface area contributed by atoms with E-state index in [0.29, 0.717) is 16.8 Å². The van der Waals surface area contributed by atoms with Crippen molar-refractivity contribution >= 4 is 23.1 Å². The number of hydrogen-bond donors (Lipinski definition) is 1. The second-order valence-electron chi connectivity index (χ2n) is 3.46. The number of aromatic nitrogens is 1. The summed E-state index contributed by atoms with van der Waals surface area (Å²) < 4.78 is 4.04. The molecule has 0 bridgehead atoms. The van der Waals surface area contributed by atoms with Gasteiger partial charge in [-0.15, -0.1) is 0 Å². The molecule has 1 N–H and O–H groups in total. The Morgan fingerprint density at radius 2 is 2.12 bits per heavy atom. The maximum atomic E-state index is 11.8. The van der Waals surface area contributed by atoms with Crippen molar-refractivity contribution in [3.63, 3.8) is 0 Å². The van der Waals surface area contributed by atoms with E-state index < -0.39 is 0 Å². The van der Waals surface area contributed by atoms with Crippen LogP contribution in [0, 0.1) is 18.3 Å². The average Bonchev–Trinajstić information content (AvgIpc) is 2.76. The lowest BCUT2D eigenvalue weighted by atomic mass is 10.2. The first-order valence-corrected chi connectivity index (χ1v) is 5.77. The Morgan fingerprint density at radius 1 is 1.41 bits per heavy atom. The summed E-state index contributed by atoms with van der Waals surface area (Å²) in [6, 6.07) is 8.75. The van der Waals surface area contributed by atoms with Crippen LogP contribution in [0.5, 0.6) is 0 Å². The van der Waals surface area contributed by atoms with Gasteiger partial charge in [-0.3, -0.25) is 4.79 Å². The Kier molecular flexibility index (Phi) is 3.17. The molecule has 0 aliphatic rings. The number of aryl methyl sites for hydroxylation is 1. The van der Waals surface area contributed by atoms with Gasteiger partial charge < -0.3 is 5.32 Å². The van der Waals surface area contributed by atoms with E-state index in [2.05, 4.69) is 9.69 Å². The first kappa shape index (κ1) is 11.3. The molecule has 1 heterocycles. The molecule has 5 heteroatoms. The fraction of sp³-hybridized carbons (Fsp3) is 0.0833. The smallest absolute Gasteiger partial charge is 0.258 e. The number of rotatable bonds is 2. The number of amides is 1. The fourth-order valence-electron chi connectivity index (χ4n) is 1.34. The number of nitrogens with one attached hydrogen (secondary N) is 1. The van der Waals surface area contributed by atoms with Crippen molar-refractivity contribution in [3.05, 3.63) is 46.5 Å². The lowest BCUT2D eigenvalue weighted by molar-refractivity contribution is 0.102. The van der Waals surface area contributed by atoms with Gasteiger partial charge in [-0.2, -0.15) is 9.64 Å². The van der Waals surface area contributed by atoms with E-state index in [9.17, 15) is 4.79 Å². The zero-order chi connectivity index (χ0) is 12.3. The van der Waals surface area contributed by atoms with Crippen LogP contribution in [0.15, 0.2) is 29.6 Å². The first-order chi connectivity index (χ1) is 8.20. The fourth-order valence-corrected chi connectivity index (χ4v) is 2.03. The van der Waals surface area contributed by atoms with Crippen molar-refractivity contribution in [2.75, 3.05) is 5.32 Å². The van der Waals surface area contributed by atoms with Crippen molar-refractivity contribution < 1.29 is 4.79 Å². The standard InChI is InChI=1S/C12H9N3OS/c1-8-11(7-17-15-8)12(16)14-10-4-2-9(6-13)3-5-10/h2-5,7H,1H3,(H,14,16). The molecule has 1 aromatic carbocycles. The van der Waals surface area contributed by atoms with E-state index in [-0.39, 0.29) is 5.91 Å². The van der Waals surface area contributed by atoms with Gasteiger partial charge in [-0.1, -0.05) is 0 Å². The number of nitriles is 1. The highest BCUT2D eigenvalue weighted by atomic mass is 32.1. The first-order valence-electron chi connectivity index (χ1n) is 4.93. The second-order valence-corrected chi connectivity index (χ2v) is 4.09. The lowest BCUT2D eigenvalue weighted by Crippen LogP contribution is -2.12. The van der Waals surface area contributed by atoms with Gasteiger partial charge in [0.25, 0.3) is 5.91 Å². The third kappa shape index (κ3) is 2.49. The molecule has 2 rings (SSSR count). The predicted octanol–water partition coefficient (Wildman–Crippen LogP) is 2.58. The SMILES string of the molecule is Cc1nscc1C(=O)Nc1ccc(C#N)cc1. The third-order valence-corrected chi connectivity index (χ3v) is 2.99. The van der Waals surface area contributed by atoms with Crippen LogP contribution in [0.3, 0.4) is 0 Å². The van der Waals surface area contributed by atoms with Gasteiger partial charge >= 0.3 is 0 Å². The molecule has 0 fully saturated rings. The molecule has 0 aliphatic heterocycles. The van der Waals surface area contributed by atoms with E-state index in [4.69, 9.17) is 5.26 Å². The molecule has 4 nitrogen and oxygen atoms in total. The Bertz CT molecular complexity index is 581. The van der Waals surface area contributed by atoms with Crippen LogP contribution < -0.4 is 5.32 Å². The summed E-state index contributed by atoms with van der Waals surface area (Å²) in [7, 11) is 0. The van der Waals surface area contributed by atoms with Gasteiger partial charge in [0.05, 0.1) is 22.9 Å². The molecule has 0 radical (unpaired) electrons. The van der Waals surface area contributed by atoms with Crippen LogP contribution >= 0.6 is 11.5 Å². The lowest BCUT2D eigenvalue weighted by Gasteiger charge is -2.03. The summed E-state index contributed by atoms with van der Waals surface area (Å²) in [5.74, 6) is -0.180. The Labute approximate surface area is 103 Å². The zero-order valence-corrected chi connectivity index (χ0v) is 9.91. The van der Waals surface area contributed by atoms with Crippen LogP contribution in [-0.4, -0.2) is 10.3 Å². The van der Waals surface area contributed by atoms with E-state index in [0.717, 1.165) is 5.69 Å². The van der Waals surface area contributed by atoms with E-state index in [1.54, 1.807) is 36.6 Å². The number of hydrogen-bond acceptors (Lipinski definition) is 4. The minimum atomic E-state index is -0.180. The van der Waals surface area contributed by atoms with Crippen molar-refractivity contribution in [1.29, 1.82) is 5.26 Å². The van der Waals surface area contributed by atoms with Crippen LogP contribution in [-0.2, 0) is 0 Å². The van der Waals surface area contributed by atoms with Crippen molar-refractivity contribution in [3.8, 4) is 6.07 Å². The highest BCUT2D eigenvalue weighted by Crippen LogP contribution is 2.14. The number of carbonyl (C=O) groups excluding carboxylic acids is 1. The van der Waals surface area contributed by atoms with Crippen molar-refractivity contribution in [2.24, 2.45) is 0 Å². The Morgan fingerprint density at radius 3 is 2.65 bits per heavy atom. The molecule has 17 heavy (non-hydrogen) atoms. The quantitative estimate of drug-likeness (QED) is 0.881. The molecule has 84 valence electrons. The van der Waals surface area contributed by atoms with Gasteiger partial charge in [-0.25, -0.2) is 0 Å². The highest BCUT2D eigenvalue weighted by molar-refractivity contribution is 7.04. The molecular formula is C12H9N3OS. The maximum absolute atomic E-state index is 11.8. The van der Waals surface area contributed by atoms with Crippen molar-refractivity contribution in [2.45, 2.75) is 6.92 Å². The number of anilines is 1. The molecule has 2 aromatic rings. The number of nitrogens with zero attached hydrogens (tertiary/aromatic N) is 2. The van der Waals surface area contributed by atoms with E-state index in [1.807, 2.05) is 6.07 Å².